The second-order valence-corrected chi connectivity index (χ2v) is 3.88. The van der Waals surface area contributed by atoms with Crippen LogP contribution in [0.5, 0.6) is 0 Å². The molecule has 0 aromatic carbocycles. The van der Waals surface area contributed by atoms with E-state index in [2.05, 4.69) is 20.9 Å². The standard InChI is InChI=1S/C8H13N5O3S/c1-10-7(16)13-8-12-4(3-17-8)6(15)11-2-5(9)14/h3,7,10,16H,2H2,1H3,(H2,9,14)(H,11,15)(H,12,13). The fraction of sp³-hybridized carbons (Fsp3) is 0.375. The van der Waals surface area contributed by atoms with E-state index in [1.54, 1.807) is 7.05 Å². The average Bonchev–Trinajstić information content (AvgIpc) is 2.74. The lowest BCUT2D eigenvalue weighted by molar-refractivity contribution is -0.117. The summed E-state index contributed by atoms with van der Waals surface area (Å²) in [6.07, 6.45) is -0.942. The van der Waals surface area contributed by atoms with Crippen molar-refractivity contribution in [1.29, 1.82) is 0 Å². The molecule has 0 fully saturated rings. The van der Waals surface area contributed by atoms with E-state index in [4.69, 9.17) is 5.73 Å². The minimum Gasteiger partial charge on any atom is -0.368 e. The number of nitrogens with two attached hydrogens (primary N) is 1. The summed E-state index contributed by atoms with van der Waals surface area (Å²) < 4.78 is 0. The van der Waals surface area contributed by atoms with Crippen LogP contribution in [0.15, 0.2) is 5.38 Å². The number of amides is 2. The topological polar surface area (TPSA) is 129 Å². The normalized spacial score (nSPS) is 11.9. The Morgan fingerprint density at radius 1 is 1.65 bits per heavy atom. The van der Waals surface area contributed by atoms with Crippen molar-refractivity contribution in [2.24, 2.45) is 5.73 Å². The maximum Gasteiger partial charge on any atom is 0.271 e. The van der Waals surface area contributed by atoms with Crippen molar-refractivity contribution in [3.63, 3.8) is 0 Å². The van der Waals surface area contributed by atoms with Gasteiger partial charge in [-0.3, -0.25) is 14.9 Å². The molecule has 0 aliphatic heterocycles. The molecular weight excluding hydrogens is 246 g/mol. The second-order valence-electron chi connectivity index (χ2n) is 3.02. The molecule has 9 heteroatoms. The van der Waals surface area contributed by atoms with Gasteiger partial charge in [-0.05, 0) is 7.05 Å². The van der Waals surface area contributed by atoms with E-state index < -0.39 is 18.2 Å². The van der Waals surface area contributed by atoms with Gasteiger partial charge < -0.3 is 21.5 Å². The monoisotopic (exact) mass is 259 g/mol. The molecule has 0 bridgehead atoms. The fourth-order valence-corrected chi connectivity index (χ4v) is 1.61. The van der Waals surface area contributed by atoms with E-state index in [-0.39, 0.29) is 12.2 Å². The summed E-state index contributed by atoms with van der Waals surface area (Å²) in [6, 6.07) is 0. The third-order valence-corrected chi connectivity index (χ3v) is 2.47. The molecule has 1 atom stereocenters. The molecule has 1 aromatic rings. The number of carbonyl (C=O) groups excluding carboxylic acids is 2. The molecule has 0 spiro atoms. The van der Waals surface area contributed by atoms with Gasteiger partial charge in [0.15, 0.2) is 11.5 Å². The lowest BCUT2D eigenvalue weighted by Crippen LogP contribution is -2.34. The number of thiazole rings is 1. The van der Waals surface area contributed by atoms with Gasteiger partial charge in [-0.1, -0.05) is 0 Å². The third kappa shape index (κ3) is 4.34. The molecule has 0 radical (unpaired) electrons. The van der Waals surface area contributed by atoms with E-state index in [9.17, 15) is 14.7 Å². The Morgan fingerprint density at radius 2 is 2.35 bits per heavy atom. The third-order valence-electron chi connectivity index (χ3n) is 1.69. The van der Waals surface area contributed by atoms with Gasteiger partial charge in [0, 0.05) is 5.38 Å². The fourth-order valence-electron chi connectivity index (χ4n) is 0.891. The number of hydrogen-bond acceptors (Lipinski definition) is 7. The van der Waals surface area contributed by atoms with E-state index >= 15 is 0 Å². The highest BCUT2D eigenvalue weighted by atomic mass is 32.1. The Bertz CT molecular complexity index is 408. The first kappa shape index (κ1) is 13.4. The largest absolute Gasteiger partial charge is 0.368 e. The molecule has 0 saturated carbocycles. The summed E-state index contributed by atoms with van der Waals surface area (Å²) in [4.78, 5) is 25.8. The number of primary amides is 1. The molecule has 1 aromatic heterocycles. The molecular formula is C8H13N5O3S. The summed E-state index contributed by atoms with van der Waals surface area (Å²) >= 11 is 1.16. The van der Waals surface area contributed by atoms with Crippen molar-refractivity contribution in [3.05, 3.63) is 11.1 Å². The van der Waals surface area contributed by atoms with E-state index in [1.807, 2.05) is 0 Å². The number of aliphatic hydroxyl groups excluding tert-OH is 1. The number of aliphatic hydroxyl groups is 1. The highest BCUT2D eigenvalue weighted by Gasteiger charge is 2.12. The number of rotatable bonds is 6. The molecule has 0 aliphatic rings. The first-order valence-corrected chi connectivity index (χ1v) is 5.54. The number of aromatic nitrogens is 1. The molecule has 0 saturated heterocycles. The number of anilines is 1. The molecule has 1 rings (SSSR count). The molecule has 8 nitrogen and oxygen atoms in total. The van der Waals surface area contributed by atoms with Crippen LogP contribution in [0.3, 0.4) is 0 Å². The number of nitrogens with zero attached hydrogens (tertiary/aromatic N) is 1. The van der Waals surface area contributed by atoms with Gasteiger partial charge in [0.25, 0.3) is 5.91 Å². The van der Waals surface area contributed by atoms with Gasteiger partial charge in [-0.15, -0.1) is 11.3 Å². The molecule has 1 heterocycles. The summed E-state index contributed by atoms with van der Waals surface area (Å²) in [7, 11) is 1.56. The average molecular weight is 259 g/mol. The Kier molecular flexibility index (Phi) is 4.82. The van der Waals surface area contributed by atoms with Crippen LogP contribution in [-0.2, 0) is 4.79 Å². The van der Waals surface area contributed by atoms with Crippen LogP contribution in [0.1, 0.15) is 10.5 Å². The Hall–Kier alpha value is -1.71. The first-order chi connectivity index (χ1) is 8.02. The molecule has 17 heavy (non-hydrogen) atoms. The van der Waals surface area contributed by atoms with Crippen LogP contribution in [0.4, 0.5) is 5.13 Å². The van der Waals surface area contributed by atoms with Crippen LogP contribution in [0, 0.1) is 0 Å². The maximum absolute atomic E-state index is 11.4. The van der Waals surface area contributed by atoms with Crippen LogP contribution in [0.25, 0.3) is 0 Å². The summed E-state index contributed by atoms with van der Waals surface area (Å²) in [6.45, 7) is -0.238. The lowest BCUT2D eigenvalue weighted by Gasteiger charge is -2.08. The van der Waals surface area contributed by atoms with Gasteiger partial charge in [0.1, 0.15) is 5.69 Å². The highest BCUT2D eigenvalue weighted by molar-refractivity contribution is 7.13. The van der Waals surface area contributed by atoms with Gasteiger partial charge in [0.2, 0.25) is 5.91 Å². The molecule has 94 valence electrons. The minimum atomic E-state index is -0.942. The lowest BCUT2D eigenvalue weighted by atomic mass is 10.4. The first-order valence-electron chi connectivity index (χ1n) is 4.67. The quantitative estimate of drug-likeness (QED) is 0.386. The van der Waals surface area contributed by atoms with Crippen LogP contribution in [0.2, 0.25) is 0 Å². The highest BCUT2D eigenvalue weighted by Crippen LogP contribution is 2.15. The van der Waals surface area contributed by atoms with E-state index in [1.165, 1.54) is 5.38 Å². The molecule has 6 N–H and O–H groups in total. The zero-order valence-electron chi connectivity index (χ0n) is 9.06. The zero-order valence-corrected chi connectivity index (χ0v) is 9.87. The van der Waals surface area contributed by atoms with Crippen molar-refractivity contribution < 1.29 is 14.7 Å². The zero-order chi connectivity index (χ0) is 12.8. The van der Waals surface area contributed by atoms with Gasteiger partial charge in [0.05, 0.1) is 6.54 Å². The van der Waals surface area contributed by atoms with Crippen LogP contribution < -0.4 is 21.7 Å². The van der Waals surface area contributed by atoms with E-state index in [0.717, 1.165) is 11.3 Å². The number of hydrogen-bond donors (Lipinski definition) is 5. The van der Waals surface area contributed by atoms with E-state index in [0.29, 0.717) is 5.13 Å². The van der Waals surface area contributed by atoms with Crippen molar-refractivity contribution in [3.8, 4) is 0 Å². The van der Waals surface area contributed by atoms with Crippen molar-refractivity contribution in [1.82, 2.24) is 15.6 Å². The molecule has 0 aliphatic carbocycles. The van der Waals surface area contributed by atoms with Gasteiger partial charge in [-0.25, -0.2) is 4.98 Å². The van der Waals surface area contributed by atoms with Gasteiger partial charge >= 0.3 is 0 Å². The Balaban J connectivity index is 2.55. The number of carbonyl (C=O) groups is 2. The predicted octanol–water partition coefficient (Wildman–Crippen LogP) is -1.73. The predicted molar refractivity (Wildman–Crippen MR) is 62.3 cm³/mol. The van der Waals surface area contributed by atoms with Crippen molar-refractivity contribution in [2.75, 3.05) is 18.9 Å². The van der Waals surface area contributed by atoms with Crippen molar-refractivity contribution >= 4 is 28.3 Å². The summed E-state index contributed by atoms with van der Waals surface area (Å²) in [5.41, 5.74) is 5.04. The molecule has 2 amide bonds. The van der Waals surface area contributed by atoms with Crippen LogP contribution >= 0.6 is 11.3 Å². The van der Waals surface area contributed by atoms with Crippen LogP contribution in [-0.4, -0.2) is 41.8 Å². The van der Waals surface area contributed by atoms with Gasteiger partial charge in [-0.2, -0.15) is 0 Å². The minimum absolute atomic E-state index is 0.155. The smallest absolute Gasteiger partial charge is 0.271 e. The maximum atomic E-state index is 11.4. The molecule has 1 unspecified atom stereocenters. The Labute approximate surface area is 101 Å². The van der Waals surface area contributed by atoms with Crippen molar-refractivity contribution in [2.45, 2.75) is 6.35 Å². The second kappa shape index (κ2) is 6.13. The summed E-state index contributed by atoms with van der Waals surface area (Å²) in [5, 5.41) is 18.6. The summed E-state index contributed by atoms with van der Waals surface area (Å²) in [5.74, 6) is -1.12. The Morgan fingerprint density at radius 3 is 2.94 bits per heavy atom. The SMILES string of the molecule is CNC(O)Nc1nc(C(=O)NCC(N)=O)cs1. The number of nitrogens with one attached hydrogen (secondary N) is 3.